The van der Waals surface area contributed by atoms with Gasteiger partial charge in [-0.1, -0.05) is 25.1 Å². The van der Waals surface area contributed by atoms with Crippen molar-refractivity contribution in [2.45, 2.75) is 30.7 Å². The van der Waals surface area contributed by atoms with Gasteiger partial charge in [-0.2, -0.15) is 0 Å². The van der Waals surface area contributed by atoms with Crippen LogP contribution in [0.5, 0.6) is 0 Å². The topological polar surface area (TPSA) is 15.3 Å². The molecular formula is C15H24N2S. The second-order valence-corrected chi connectivity index (χ2v) is 6.45. The van der Waals surface area contributed by atoms with Crippen molar-refractivity contribution in [1.82, 2.24) is 10.2 Å². The van der Waals surface area contributed by atoms with Crippen molar-refractivity contribution in [1.29, 1.82) is 0 Å². The molecule has 2 nitrogen and oxygen atoms in total. The van der Waals surface area contributed by atoms with Crippen LogP contribution < -0.4 is 5.32 Å². The Morgan fingerprint density at radius 1 is 1.33 bits per heavy atom. The van der Waals surface area contributed by atoms with Crippen LogP contribution in [0.1, 0.15) is 20.3 Å². The maximum atomic E-state index is 3.63. The highest BCUT2D eigenvalue weighted by Crippen LogP contribution is 2.19. The summed E-state index contributed by atoms with van der Waals surface area (Å²) in [5, 5.41) is 3.63. The Kier molecular flexibility index (Phi) is 5.10. The normalized spacial score (nSPS) is 25.2. The average molecular weight is 264 g/mol. The summed E-state index contributed by atoms with van der Waals surface area (Å²) in [5.74, 6) is 1.18. The highest BCUT2D eigenvalue weighted by Gasteiger charge is 2.28. The molecule has 100 valence electrons. The number of hydrogen-bond donors (Lipinski definition) is 1. The molecule has 0 bridgehead atoms. The third-order valence-corrected chi connectivity index (χ3v) is 4.74. The van der Waals surface area contributed by atoms with Crippen LogP contribution in [0, 0.1) is 0 Å². The zero-order valence-electron chi connectivity index (χ0n) is 11.5. The summed E-state index contributed by atoms with van der Waals surface area (Å²) in [6.07, 6.45) is 1.20. The average Bonchev–Trinajstić information content (AvgIpc) is 2.40. The zero-order valence-corrected chi connectivity index (χ0v) is 12.3. The first-order chi connectivity index (χ1) is 8.72. The van der Waals surface area contributed by atoms with E-state index in [-0.39, 0.29) is 0 Å². The van der Waals surface area contributed by atoms with Crippen LogP contribution in [0.2, 0.25) is 0 Å². The Morgan fingerprint density at radius 2 is 2.11 bits per heavy atom. The van der Waals surface area contributed by atoms with Crippen molar-refractivity contribution in [3.63, 3.8) is 0 Å². The van der Waals surface area contributed by atoms with Gasteiger partial charge in [-0.05, 0) is 25.5 Å². The molecule has 1 saturated heterocycles. The standard InChI is InChI=1S/C15H24N2S/c1-3-15(2)13-17(10-9-16-15)11-12-18-14-7-5-4-6-8-14/h4-8,16H,3,9-13H2,1-2H3. The summed E-state index contributed by atoms with van der Waals surface area (Å²) in [4.78, 5) is 3.97. The molecule has 1 aromatic rings. The maximum absolute atomic E-state index is 3.63. The number of nitrogens with zero attached hydrogens (tertiary/aromatic N) is 1. The van der Waals surface area contributed by atoms with Crippen LogP contribution in [0.4, 0.5) is 0 Å². The van der Waals surface area contributed by atoms with Gasteiger partial charge in [0.1, 0.15) is 0 Å². The molecule has 0 spiro atoms. The maximum Gasteiger partial charge on any atom is 0.0278 e. The summed E-state index contributed by atoms with van der Waals surface area (Å²) >= 11 is 1.96. The summed E-state index contributed by atoms with van der Waals surface area (Å²) < 4.78 is 0. The van der Waals surface area contributed by atoms with E-state index in [2.05, 4.69) is 54.4 Å². The third-order valence-electron chi connectivity index (χ3n) is 3.75. The zero-order chi connectivity index (χ0) is 12.8. The first-order valence-electron chi connectivity index (χ1n) is 6.87. The Balaban J connectivity index is 1.74. The summed E-state index contributed by atoms with van der Waals surface area (Å²) in [6, 6.07) is 10.7. The number of benzene rings is 1. The second kappa shape index (κ2) is 6.60. The lowest BCUT2D eigenvalue weighted by Gasteiger charge is -2.41. The van der Waals surface area contributed by atoms with E-state index in [0.29, 0.717) is 5.54 Å². The highest BCUT2D eigenvalue weighted by molar-refractivity contribution is 7.99. The van der Waals surface area contributed by atoms with Gasteiger partial charge in [0.25, 0.3) is 0 Å². The van der Waals surface area contributed by atoms with E-state index in [4.69, 9.17) is 0 Å². The van der Waals surface area contributed by atoms with Gasteiger partial charge in [0.15, 0.2) is 0 Å². The minimum Gasteiger partial charge on any atom is -0.309 e. The molecule has 1 fully saturated rings. The smallest absolute Gasteiger partial charge is 0.0278 e. The predicted octanol–water partition coefficient (Wildman–Crippen LogP) is 2.85. The Morgan fingerprint density at radius 3 is 2.83 bits per heavy atom. The summed E-state index contributed by atoms with van der Waals surface area (Å²) in [6.45, 7) is 9.29. The minimum atomic E-state index is 0.315. The van der Waals surface area contributed by atoms with Crippen LogP contribution in [-0.4, -0.2) is 42.4 Å². The Labute approximate surface area is 115 Å². The SMILES string of the molecule is CCC1(C)CN(CCSc2ccccc2)CCN1. The number of rotatable bonds is 5. The molecule has 3 heteroatoms. The fourth-order valence-electron chi connectivity index (χ4n) is 2.38. The van der Waals surface area contributed by atoms with Crippen LogP contribution in [0.15, 0.2) is 35.2 Å². The van der Waals surface area contributed by atoms with Gasteiger partial charge in [-0.3, -0.25) is 4.90 Å². The molecule has 0 radical (unpaired) electrons. The first-order valence-corrected chi connectivity index (χ1v) is 7.86. The van der Waals surface area contributed by atoms with E-state index in [9.17, 15) is 0 Å². The molecule has 18 heavy (non-hydrogen) atoms. The van der Waals surface area contributed by atoms with E-state index < -0.39 is 0 Å². The molecule has 0 aliphatic carbocycles. The van der Waals surface area contributed by atoms with Crippen molar-refractivity contribution in [3.8, 4) is 0 Å². The lowest BCUT2D eigenvalue weighted by atomic mass is 9.96. The van der Waals surface area contributed by atoms with Crippen molar-refractivity contribution in [2.24, 2.45) is 0 Å². The monoisotopic (exact) mass is 264 g/mol. The number of thioether (sulfide) groups is 1. The van der Waals surface area contributed by atoms with E-state index in [1.54, 1.807) is 0 Å². The van der Waals surface area contributed by atoms with Gasteiger partial charge < -0.3 is 5.32 Å². The molecule has 1 atom stereocenters. The van der Waals surface area contributed by atoms with Crippen molar-refractivity contribution in [2.75, 3.05) is 31.9 Å². The summed E-state index contributed by atoms with van der Waals surface area (Å²) in [5.41, 5.74) is 0.315. The van der Waals surface area contributed by atoms with Crippen molar-refractivity contribution in [3.05, 3.63) is 30.3 Å². The molecule has 1 unspecified atom stereocenters. The van der Waals surface area contributed by atoms with Gasteiger partial charge in [-0.15, -0.1) is 11.8 Å². The van der Waals surface area contributed by atoms with Crippen LogP contribution in [-0.2, 0) is 0 Å². The Bertz CT molecular complexity index is 355. The van der Waals surface area contributed by atoms with E-state index in [1.807, 2.05) is 11.8 Å². The second-order valence-electron chi connectivity index (χ2n) is 5.28. The lowest BCUT2D eigenvalue weighted by molar-refractivity contribution is 0.147. The van der Waals surface area contributed by atoms with Crippen molar-refractivity contribution < 1.29 is 0 Å². The fraction of sp³-hybridized carbons (Fsp3) is 0.600. The van der Waals surface area contributed by atoms with Crippen LogP contribution in [0.25, 0.3) is 0 Å². The van der Waals surface area contributed by atoms with E-state index in [1.165, 1.54) is 36.7 Å². The number of nitrogens with one attached hydrogen (secondary N) is 1. The van der Waals surface area contributed by atoms with Crippen molar-refractivity contribution >= 4 is 11.8 Å². The minimum absolute atomic E-state index is 0.315. The molecule has 1 aromatic carbocycles. The Hall–Kier alpha value is -0.510. The molecule has 0 aromatic heterocycles. The third kappa shape index (κ3) is 4.01. The van der Waals surface area contributed by atoms with Gasteiger partial charge in [0.2, 0.25) is 0 Å². The first kappa shape index (κ1) is 13.9. The summed E-state index contributed by atoms with van der Waals surface area (Å²) in [7, 11) is 0. The molecule has 1 aliphatic heterocycles. The van der Waals surface area contributed by atoms with E-state index in [0.717, 1.165) is 6.54 Å². The number of hydrogen-bond acceptors (Lipinski definition) is 3. The predicted molar refractivity (Wildman–Crippen MR) is 80.3 cm³/mol. The van der Waals surface area contributed by atoms with Gasteiger partial charge in [0.05, 0.1) is 0 Å². The molecule has 2 rings (SSSR count). The molecule has 0 saturated carbocycles. The van der Waals surface area contributed by atoms with Gasteiger partial charge in [0, 0.05) is 42.4 Å². The van der Waals surface area contributed by atoms with Gasteiger partial charge in [-0.25, -0.2) is 0 Å². The van der Waals surface area contributed by atoms with Crippen LogP contribution in [0.3, 0.4) is 0 Å². The lowest BCUT2D eigenvalue weighted by Crippen LogP contribution is -2.58. The quantitative estimate of drug-likeness (QED) is 0.823. The molecule has 1 heterocycles. The fourth-order valence-corrected chi connectivity index (χ4v) is 3.32. The van der Waals surface area contributed by atoms with Crippen LogP contribution >= 0.6 is 11.8 Å². The number of piperazine rings is 1. The molecular weight excluding hydrogens is 240 g/mol. The van der Waals surface area contributed by atoms with Gasteiger partial charge >= 0.3 is 0 Å². The molecule has 1 aliphatic rings. The molecule has 1 N–H and O–H groups in total. The largest absolute Gasteiger partial charge is 0.309 e. The molecule has 0 amide bonds. The highest BCUT2D eigenvalue weighted by atomic mass is 32.2. The van der Waals surface area contributed by atoms with E-state index >= 15 is 0 Å².